The molecule has 2 rings (SSSR count). The highest BCUT2D eigenvalue weighted by molar-refractivity contribution is 5.55. The van der Waals surface area contributed by atoms with Crippen LogP contribution in [-0.2, 0) is 6.54 Å². The lowest BCUT2D eigenvalue weighted by molar-refractivity contribution is 0.627. The smallest absolute Gasteiger partial charge is 0.114 e. The molecule has 0 aliphatic carbocycles. The molecule has 0 aliphatic rings. The molecule has 4 heteroatoms. The summed E-state index contributed by atoms with van der Waals surface area (Å²) in [5.74, 6) is 0. The van der Waals surface area contributed by atoms with Crippen molar-refractivity contribution in [1.29, 1.82) is 0 Å². The molecule has 0 N–H and O–H groups in total. The van der Waals surface area contributed by atoms with E-state index < -0.39 is 0 Å². The normalized spacial score (nSPS) is 9.27. The summed E-state index contributed by atoms with van der Waals surface area (Å²) in [6.07, 6.45) is 5.44. The lowest BCUT2D eigenvalue weighted by Crippen LogP contribution is -1.93. The predicted molar refractivity (Wildman–Crippen MR) is 60.3 cm³/mol. The van der Waals surface area contributed by atoms with Gasteiger partial charge >= 0.3 is 0 Å². The van der Waals surface area contributed by atoms with Crippen molar-refractivity contribution in [2.24, 2.45) is 0 Å². The number of aryl methyl sites for hydroxylation is 1. The Morgan fingerprint density at radius 1 is 1.33 bits per heavy atom. The van der Waals surface area contributed by atoms with Crippen molar-refractivity contribution < 1.29 is 0 Å². The van der Waals surface area contributed by atoms with Gasteiger partial charge in [0, 0.05) is 24.5 Å². The predicted octanol–water partition coefficient (Wildman–Crippen LogP) is 2.39. The van der Waals surface area contributed by atoms with E-state index in [1.807, 2.05) is 39.1 Å². The van der Waals surface area contributed by atoms with E-state index in [0.29, 0.717) is 0 Å². The zero-order valence-electron chi connectivity index (χ0n) is 9.38. The van der Waals surface area contributed by atoms with Gasteiger partial charge in [-0.15, -0.1) is 5.10 Å². The minimum absolute atomic E-state index is 0.841. The van der Waals surface area contributed by atoms with E-state index in [1.165, 1.54) is 0 Å². The number of hydrogen-bond acceptors (Lipinski definition) is 3. The molecule has 0 fully saturated rings. The van der Waals surface area contributed by atoms with Crippen LogP contribution < -0.4 is 0 Å². The molecule has 80 valence electrons. The third-order valence-electron chi connectivity index (χ3n) is 1.82. The molecular weight excluding hydrogens is 188 g/mol. The van der Waals surface area contributed by atoms with E-state index in [4.69, 9.17) is 0 Å². The first-order valence-corrected chi connectivity index (χ1v) is 5.20. The maximum absolute atomic E-state index is 4.03. The maximum atomic E-state index is 4.03. The summed E-state index contributed by atoms with van der Waals surface area (Å²) in [5.41, 5.74) is 1.87. The topological polar surface area (TPSA) is 43.6 Å². The average molecular weight is 204 g/mol. The van der Waals surface area contributed by atoms with E-state index in [0.717, 1.165) is 17.8 Å². The molecule has 0 amide bonds. The lowest BCUT2D eigenvalue weighted by atomic mass is 10.2. The molecule has 0 spiro atoms. The molecule has 15 heavy (non-hydrogen) atoms. The Morgan fingerprint density at radius 3 is 2.67 bits per heavy atom. The van der Waals surface area contributed by atoms with Crippen molar-refractivity contribution in [2.45, 2.75) is 27.3 Å². The van der Waals surface area contributed by atoms with Crippen LogP contribution in [0.25, 0.3) is 11.3 Å². The first kappa shape index (κ1) is 11.4. The van der Waals surface area contributed by atoms with Crippen LogP contribution in [0.2, 0.25) is 0 Å². The molecule has 0 bridgehead atoms. The summed E-state index contributed by atoms with van der Waals surface area (Å²) < 4.78 is 1.79. The first-order chi connectivity index (χ1) is 7.40. The van der Waals surface area contributed by atoms with Gasteiger partial charge < -0.3 is 0 Å². The van der Waals surface area contributed by atoms with E-state index in [1.54, 1.807) is 17.1 Å². The Morgan fingerprint density at radius 2 is 2.13 bits per heavy atom. The van der Waals surface area contributed by atoms with Crippen LogP contribution in [0.1, 0.15) is 20.8 Å². The summed E-state index contributed by atoms with van der Waals surface area (Å²) in [5, 5.41) is 7.98. The van der Waals surface area contributed by atoms with Crippen LogP contribution in [0.15, 0.2) is 30.7 Å². The Hall–Kier alpha value is -1.71. The summed E-state index contributed by atoms with van der Waals surface area (Å²) in [6, 6.07) is 3.86. The van der Waals surface area contributed by atoms with Crippen LogP contribution >= 0.6 is 0 Å². The lowest BCUT2D eigenvalue weighted by Gasteiger charge is -1.91. The average Bonchev–Trinajstić information content (AvgIpc) is 2.81. The summed E-state index contributed by atoms with van der Waals surface area (Å²) in [6.45, 7) is 6.87. The molecule has 0 unspecified atom stereocenters. The van der Waals surface area contributed by atoms with Crippen molar-refractivity contribution in [2.75, 3.05) is 0 Å². The second-order valence-corrected chi connectivity index (χ2v) is 2.70. The Labute approximate surface area is 90.0 Å². The van der Waals surface area contributed by atoms with Gasteiger partial charge in [-0.05, 0) is 19.1 Å². The highest BCUT2D eigenvalue weighted by Crippen LogP contribution is 2.12. The molecular formula is C11H16N4. The van der Waals surface area contributed by atoms with Crippen molar-refractivity contribution in [1.82, 2.24) is 20.0 Å². The molecule has 2 aromatic heterocycles. The molecule has 0 atom stereocenters. The number of aromatic nitrogens is 4. The standard InChI is InChI=1S/C9H10N4.C2H6/c1-2-13-7-9(11-12-13)8-4-3-5-10-6-8;1-2/h3-7H,2H2,1H3;1-2H3. The Balaban J connectivity index is 0.000000531. The number of rotatable bonds is 2. The minimum atomic E-state index is 0.841. The van der Waals surface area contributed by atoms with Crippen LogP contribution in [0.4, 0.5) is 0 Å². The number of hydrogen-bond donors (Lipinski definition) is 0. The van der Waals surface area contributed by atoms with Gasteiger partial charge in [0.1, 0.15) is 5.69 Å². The monoisotopic (exact) mass is 204 g/mol. The van der Waals surface area contributed by atoms with Crippen LogP contribution in [0.3, 0.4) is 0 Å². The fraction of sp³-hybridized carbons (Fsp3) is 0.364. The van der Waals surface area contributed by atoms with Crippen molar-refractivity contribution >= 4 is 0 Å². The highest BCUT2D eigenvalue weighted by atomic mass is 15.4. The molecule has 0 saturated heterocycles. The first-order valence-electron chi connectivity index (χ1n) is 5.20. The van der Waals surface area contributed by atoms with Crippen LogP contribution in [-0.4, -0.2) is 20.0 Å². The SMILES string of the molecule is CC.CCn1cc(-c2cccnc2)nn1. The van der Waals surface area contributed by atoms with E-state index in [-0.39, 0.29) is 0 Å². The largest absolute Gasteiger partial charge is 0.264 e. The van der Waals surface area contributed by atoms with Gasteiger partial charge in [-0.25, -0.2) is 0 Å². The molecule has 0 saturated carbocycles. The second kappa shape index (κ2) is 5.90. The Bertz CT molecular complexity index is 380. The van der Waals surface area contributed by atoms with Gasteiger partial charge in [-0.3, -0.25) is 9.67 Å². The second-order valence-electron chi connectivity index (χ2n) is 2.70. The maximum Gasteiger partial charge on any atom is 0.114 e. The fourth-order valence-electron chi connectivity index (χ4n) is 1.10. The van der Waals surface area contributed by atoms with Gasteiger partial charge in [0.15, 0.2) is 0 Å². The van der Waals surface area contributed by atoms with Gasteiger partial charge in [-0.1, -0.05) is 19.1 Å². The van der Waals surface area contributed by atoms with Gasteiger partial charge in [0.25, 0.3) is 0 Å². The summed E-state index contributed by atoms with van der Waals surface area (Å²) >= 11 is 0. The Kier molecular flexibility index (Phi) is 4.47. The van der Waals surface area contributed by atoms with Crippen LogP contribution in [0.5, 0.6) is 0 Å². The van der Waals surface area contributed by atoms with E-state index >= 15 is 0 Å². The molecule has 2 heterocycles. The minimum Gasteiger partial charge on any atom is -0.264 e. The molecule has 0 aliphatic heterocycles. The third-order valence-corrected chi connectivity index (χ3v) is 1.82. The molecule has 4 nitrogen and oxygen atoms in total. The zero-order chi connectivity index (χ0) is 11.1. The van der Waals surface area contributed by atoms with E-state index in [2.05, 4.69) is 15.3 Å². The van der Waals surface area contributed by atoms with Crippen molar-refractivity contribution in [3.05, 3.63) is 30.7 Å². The zero-order valence-corrected chi connectivity index (χ0v) is 9.38. The summed E-state index contributed by atoms with van der Waals surface area (Å²) in [4.78, 5) is 4.02. The van der Waals surface area contributed by atoms with Crippen molar-refractivity contribution in [3.63, 3.8) is 0 Å². The summed E-state index contributed by atoms with van der Waals surface area (Å²) in [7, 11) is 0. The van der Waals surface area contributed by atoms with Crippen molar-refractivity contribution in [3.8, 4) is 11.3 Å². The van der Waals surface area contributed by atoms with Gasteiger partial charge in [-0.2, -0.15) is 0 Å². The number of pyridine rings is 1. The van der Waals surface area contributed by atoms with Gasteiger partial charge in [0.2, 0.25) is 0 Å². The van der Waals surface area contributed by atoms with E-state index in [9.17, 15) is 0 Å². The van der Waals surface area contributed by atoms with Crippen LogP contribution in [0, 0.1) is 0 Å². The fourth-order valence-corrected chi connectivity index (χ4v) is 1.10. The molecule has 0 aromatic carbocycles. The van der Waals surface area contributed by atoms with Gasteiger partial charge in [0.05, 0.1) is 6.20 Å². The third kappa shape index (κ3) is 2.87. The quantitative estimate of drug-likeness (QED) is 0.754. The molecule has 2 aromatic rings. The highest BCUT2D eigenvalue weighted by Gasteiger charge is 2.01. The number of nitrogens with zero attached hydrogens (tertiary/aromatic N) is 4. The molecule has 0 radical (unpaired) electrons.